The molecule has 2 aliphatic rings. The van der Waals surface area contributed by atoms with Crippen LogP contribution < -0.4 is 10.6 Å². The van der Waals surface area contributed by atoms with Gasteiger partial charge in [-0.05, 0) is 25.0 Å². The predicted molar refractivity (Wildman–Crippen MR) is 97.7 cm³/mol. The molecule has 1 aromatic carbocycles. The smallest absolute Gasteiger partial charge is 0.226 e. The van der Waals surface area contributed by atoms with Crippen molar-refractivity contribution in [1.29, 1.82) is 0 Å². The Morgan fingerprint density at radius 3 is 2.83 bits per heavy atom. The zero-order chi connectivity index (χ0) is 15.2. The topological polar surface area (TPSA) is 50.4 Å². The van der Waals surface area contributed by atoms with Gasteiger partial charge < -0.3 is 15.4 Å². The summed E-state index contributed by atoms with van der Waals surface area (Å²) in [6.45, 7) is 2.18. The lowest BCUT2D eigenvalue weighted by atomic mass is 10.2. The molecule has 1 aliphatic heterocycles. The number of thioether (sulfide) groups is 1. The summed E-state index contributed by atoms with van der Waals surface area (Å²) in [4.78, 5) is 13.4. The number of carbonyl (C=O) groups is 1. The van der Waals surface area contributed by atoms with Crippen molar-refractivity contribution in [3.8, 4) is 0 Å². The number of morpholine rings is 1. The largest absolute Gasteiger partial charge is 0.378 e. The van der Waals surface area contributed by atoms with Crippen LogP contribution in [0.4, 0.5) is 5.69 Å². The molecule has 1 unspecified atom stereocenters. The molecule has 1 aromatic rings. The molecule has 1 heterocycles. The molecule has 0 radical (unpaired) electrons. The SMILES string of the molecule is Cl.O=C(CC1COCCN1)Nc1ccccc1SC1CCCC1. The standard InChI is InChI=1S/C17H24N2O2S.ClH/c20-17(11-13-12-21-10-9-18-13)19-15-7-3-4-8-16(15)22-14-5-1-2-6-14;/h3-4,7-8,13-14,18H,1-2,5-6,9-12H2,(H,19,20);1H. The average Bonchev–Trinajstić information content (AvgIpc) is 3.03. The van der Waals surface area contributed by atoms with Gasteiger partial charge in [0.25, 0.3) is 0 Å². The summed E-state index contributed by atoms with van der Waals surface area (Å²) in [5.74, 6) is 0.0578. The second-order valence-corrected chi connectivity index (χ2v) is 7.34. The monoisotopic (exact) mass is 356 g/mol. The summed E-state index contributed by atoms with van der Waals surface area (Å²) in [6, 6.07) is 8.27. The van der Waals surface area contributed by atoms with E-state index in [4.69, 9.17) is 4.74 Å². The molecule has 6 heteroatoms. The van der Waals surface area contributed by atoms with E-state index < -0.39 is 0 Å². The molecule has 3 rings (SSSR count). The molecule has 0 aromatic heterocycles. The molecule has 0 spiro atoms. The van der Waals surface area contributed by atoms with Gasteiger partial charge in [0.05, 0.1) is 18.9 Å². The molecule has 4 nitrogen and oxygen atoms in total. The van der Waals surface area contributed by atoms with Crippen LogP contribution in [0.2, 0.25) is 0 Å². The fraction of sp³-hybridized carbons (Fsp3) is 0.588. The van der Waals surface area contributed by atoms with Crippen LogP contribution in [0.25, 0.3) is 0 Å². The molecule has 1 aliphatic carbocycles. The Bertz CT molecular complexity index is 503. The maximum atomic E-state index is 12.3. The number of hydrogen-bond donors (Lipinski definition) is 2. The van der Waals surface area contributed by atoms with Crippen molar-refractivity contribution in [2.45, 2.75) is 48.3 Å². The van der Waals surface area contributed by atoms with Gasteiger partial charge in [-0.1, -0.05) is 25.0 Å². The first-order valence-electron chi connectivity index (χ1n) is 8.18. The highest BCUT2D eigenvalue weighted by Crippen LogP contribution is 2.38. The van der Waals surface area contributed by atoms with Crippen molar-refractivity contribution in [3.05, 3.63) is 24.3 Å². The van der Waals surface area contributed by atoms with Gasteiger partial charge in [-0.2, -0.15) is 0 Å². The number of amides is 1. The average molecular weight is 357 g/mol. The van der Waals surface area contributed by atoms with Crippen LogP contribution in [0.15, 0.2) is 29.2 Å². The summed E-state index contributed by atoms with van der Waals surface area (Å²) in [5, 5.41) is 7.09. The number of anilines is 1. The van der Waals surface area contributed by atoms with Crippen molar-refractivity contribution in [3.63, 3.8) is 0 Å². The first kappa shape index (κ1) is 18.6. The van der Waals surface area contributed by atoms with Gasteiger partial charge >= 0.3 is 0 Å². The zero-order valence-electron chi connectivity index (χ0n) is 13.3. The van der Waals surface area contributed by atoms with E-state index >= 15 is 0 Å². The van der Waals surface area contributed by atoms with Gasteiger partial charge in [0.1, 0.15) is 0 Å². The predicted octanol–water partition coefficient (Wildman–Crippen LogP) is 3.46. The third-order valence-electron chi connectivity index (χ3n) is 4.19. The van der Waals surface area contributed by atoms with E-state index in [-0.39, 0.29) is 24.4 Å². The first-order chi connectivity index (χ1) is 10.8. The molecule has 0 bridgehead atoms. The number of benzene rings is 1. The van der Waals surface area contributed by atoms with Crippen LogP contribution in [-0.4, -0.2) is 37.0 Å². The second kappa shape index (κ2) is 9.52. The van der Waals surface area contributed by atoms with Crippen LogP contribution in [0.1, 0.15) is 32.1 Å². The number of halogens is 1. The number of hydrogen-bond acceptors (Lipinski definition) is 4. The Morgan fingerprint density at radius 2 is 2.09 bits per heavy atom. The second-order valence-electron chi connectivity index (χ2n) is 6.00. The fourth-order valence-corrected chi connectivity index (χ4v) is 4.37. The van der Waals surface area contributed by atoms with Crippen LogP contribution in [0.3, 0.4) is 0 Å². The van der Waals surface area contributed by atoms with E-state index in [1.165, 1.54) is 30.6 Å². The molecule has 128 valence electrons. The Labute approximate surface area is 148 Å². The highest BCUT2D eigenvalue weighted by Gasteiger charge is 2.20. The van der Waals surface area contributed by atoms with Gasteiger partial charge in [-0.15, -0.1) is 24.2 Å². The number of rotatable bonds is 5. The lowest BCUT2D eigenvalue weighted by molar-refractivity contribution is -0.117. The molecular formula is C17H25ClN2O2S. The van der Waals surface area contributed by atoms with Crippen LogP contribution in [0.5, 0.6) is 0 Å². The minimum absolute atomic E-state index is 0. The van der Waals surface area contributed by atoms with E-state index in [1.54, 1.807) is 0 Å². The number of carbonyl (C=O) groups excluding carboxylic acids is 1. The summed E-state index contributed by atoms with van der Waals surface area (Å²) < 4.78 is 5.40. The highest BCUT2D eigenvalue weighted by atomic mass is 35.5. The molecule has 1 saturated carbocycles. The molecule has 1 saturated heterocycles. The third-order valence-corrected chi connectivity index (χ3v) is 5.60. The molecule has 1 atom stereocenters. The number of nitrogens with one attached hydrogen (secondary N) is 2. The van der Waals surface area contributed by atoms with Crippen molar-refractivity contribution < 1.29 is 9.53 Å². The van der Waals surface area contributed by atoms with Gasteiger partial charge in [-0.25, -0.2) is 0 Å². The maximum absolute atomic E-state index is 12.3. The van der Waals surface area contributed by atoms with E-state index in [0.717, 1.165) is 18.8 Å². The quantitative estimate of drug-likeness (QED) is 0.848. The summed E-state index contributed by atoms with van der Waals surface area (Å²) in [6.07, 6.45) is 5.70. The van der Waals surface area contributed by atoms with Crippen molar-refractivity contribution in [2.24, 2.45) is 0 Å². The maximum Gasteiger partial charge on any atom is 0.226 e. The van der Waals surface area contributed by atoms with Crippen molar-refractivity contribution in [2.75, 3.05) is 25.1 Å². The van der Waals surface area contributed by atoms with Gasteiger partial charge in [0.15, 0.2) is 0 Å². The molecule has 2 fully saturated rings. The Kier molecular flexibility index (Phi) is 7.70. The van der Waals surface area contributed by atoms with E-state index in [1.807, 2.05) is 30.0 Å². The van der Waals surface area contributed by atoms with E-state index in [9.17, 15) is 4.79 Å². The van der Waals surface area contributed by atoms with E-state index in [2.05, 4.69) is 16.7 Å². The third kappa shape index (κ3) is 5.68. The molecular weight excluding hydrogens is 332 g/mol. The summed E-state index contributed by atoms with van der Waals surface area (Å²) in [7, 11) is 0. The minimum atomic E-state index is 0. The molecule has 1 amide bonds. The minimum Gasteiger partial charge on any atom is -0.378 e. The number of para-hydroxylation sites is 1. The normalized spacial score (nSPS) is 21.7. The fourth-order valence-electron chi connectivity index (χ4n) is 3.03. The van der Waals surface area contributed by atoms with Gasteiger partial charge in [0, 0.05) is 29.2 Å². The lowest BCUT2D eigenvalue weighted by Crippen LogP contribution is -2.43. The van der Waals surface area contributed by atoms with Crippen LogP contribution >= 0.6 is 24.2 Å². The van der Waals surface area contributed by atoms with Crippen LogP contribution in [-0.2, 0) is 9.53 Å². The number of ether oxygens (including phenoxy) is 1. The first-order valence-corrected chi connectivity index (χ1v) is 9.06. The summed E-state index contributed by atoms with van der Waals surface area (Å²) in [5.41, 5.74) is 0.945. The molecule has 23 heavy (non-hydrogen) atoms. The molecule has 2 N–H and O–H groups in total. The van der Waals surface area contributed by atoms with Gasteiger partial charge in [-0.3, -0.25) is 4.79 Å². The Morgan fingerprint density at radius 1 is 1.30 bits per heavy atom. The van der Waals surface area contributed by atoms with E-state index in [0.29, 0.717) is 18.3 Å². The Hall–Kier alpha value is -0.750. The zero-order valence-corrected chi connectivity index (χ0v) is 14.9. The van der Waals surface area contributed by atoms with Crippen molar-refractivity contribution in [1.82, 2.24) is 5.32 Å². The van der Waals surface area contributed by atoms with Gasteiger partial charge in [0.2, 0.25) is 5.91 Å². The van der Waals surface area contributed by atoms with Crippen LogP contribution in [0, 0.1) is 0 Å². The summed E-state index contributed by atoms with van der Waals surface area (Å²) >= 11 is 1.91. The lowest BCUT2D eigenvalue weighted by Gasteiger charge is -2.23. The highest BCUT2D eigenvalue weighted by molar-refractivity contribution is 8.00. The van der Waals surface area contributed by atoms with Crippen molar-refractivity contribution >= 4 is 35.8 Å². The Balaban J connectivity index is 0.00000192.